The van der Waals surface area contributed by atoms with Crippen LogP contribution in [0.2, 0.25) is 0 Å². The largest absolute Gasteiger partial charge is 0.495 e. The number of anilines is 1. The van der Waals surface area contributed by atoms with Gasteiger partial charge in [-0.3, -0.25) is 9.69 Å². The fraction of sp³-hybridized carbons (Fsp3) is 0.500. The smallest absolute Gasteiger partial charge is 0.161 e. The zero-order valence-electron chi connectivity index (χ0n) is 20.4. The molecule has 0 aromatic heterocycles. The van der Waals surface area contributed by atoms with E-state index in [-0.39, 0.29) is 0 Å². The highest BCUT2D eigenvalue weighted by molar-refractivity contribution is 5.79. The maximum atomic E-state index is 11.5. The molecule has 0 N–H and O–H groups in total. The van der Waals surface area contributed by atoms with Crippen LogP contribution in [0, 0.1) is 0 Å². The lowest BCUT2D eigenvalue weighted by molar-refractivity contribution is 0.112. The number of benzene rings is 2. The number of aldehydes is 1. The molecule has 0 saturated carbocycles. The standard InChI is InChI=1S/C26H37N3O4/c1-27(19-21-17-25(32-3)26(33-4)18-22(21)20-30)11-7-8-12-28-13-15-29(16-14-28)23-9-5-6-10-24(23)31-2/h5-6,9-10,17-18,20H,7-8,11-16,19H2,1-4H3. The van der Waals surface area contributed by atoms with Crippen molar-refractivity contribution in [2.45, 2.75) is 19.4 Å². The predicted molar refractivity (Wildman–Crippen MR) is 132 cm³/mol. The van der Waals surface area contributed by atoms with Crippen LogP contribution in [0.15, 0.2) is 36.4 Å². The van der Waals surface area contributed by atoms with Gasteiger partial charge in [-0.1, -0.05) is 12.1 Å². The fourth-order valence-corrected chi connectivity index (χ4v) is 4.37. The third-order valence-corrected chi connectivity index (χ3v) is 6.27. The highest BCUT2D eigenvalue weighted by Gasteiger charge is 2.19. The molecule has 2 aromatic carbocycles. The van der Waals surface area contributed by atoms with E-state index < -0.39 is 0 Å². The van der Waals surface area contributed by atoms with Crippen molar-refractivity contribution in [2.24, 2.45) is 0 Å². The quantitative estimate of drug-likeness (QED) is 0.358. The average Bonchev–Trinajstić information content (AvgIpc) is 2.86. The minimum atomic E-state index is 0.580. The van der Waals surface area contributed by atoms with E-state index in [2.05, 4.69) is 33.9 Å². The SMILES string of the molecule is COc1cc(C=O)c(CN(C)CCCCN2CCN(c3ccccc3OC)CC2)cc1OC. The zero-order valence-corrected chi connectivity index (χ0v) is 20.4. The third kappa shape index (κ3) is 6.62. The van der Waals surface area contributed by atoms with E-state index in [1.54, 1.807) is 27.4 Å². The van der Waals surface area contributed by atoms with Crippen LogP contribution in [0.3, 0.4) is 0 Å². The molecule has 3 rings (SSSR count). The predicted octanol–water partition coefficient (Wildman–Crippen LogP) is 3.56. The molecule has 0 spiro atoms. The molecule has 0 bridgehead atoms. The summed E-state index contributed by atoms with van der Waals surface area (Å²) in [5, 5.41) is 0. The summed E-state index contributed by atoms with van der Waals surface area (Å²) in [5.41, 5.74) is 2.79. The van der Waals surface area contributed by atoms with Crippen LogP contribution < -0.4 is 19.1 Å². The molecule has 180 valence electrons. The molecular formula is C26H37N3O4. The Bertz CT molecular complexity index is 897. The van der Waals surface area contributed by atoms with Gasteiger partial charge in [0.1, 0.15) is 5.75 Å². The second kappa shape index (κ2) is 12.5. The summed E-state index contributed by atoms with van der Waals surface area (Å²) < 4.78 is 16.2. The molecule has 2 aromatic rings. The summed E-state index contributed by atoms with van der Waals surface area (Å²) >= 11 is 0. The Morgan fingerprint density at radius 3 is 2.24 bits per heavy atom. The van der Waals surface area contributed by atoms with Crippen molar-refractivity contribution in [3.8, 4) is 17.2 Å². The first-order valence-corrected chi connectivity index (χ1v) is 11.6. The van der Waals surface area contributed by atoms with E-state index in [0.29, 0.717) is 23.6 Å². The minimum absolute atomic E-state index is 0.580. The average molecular weight is 456 g/mol. The summed E-state index contributed by atoms with van der Waals surface area (Å²) in [6.45, 7) is 6.98. The van der Waals surface area contributed by atoms with Crippen molar-refractivity contribution >= 4 is 12.0 Å². The van der Waals surface area contributed by atoms with Crippen molar-refractivity contribution in [3.63, 3.8) is 0 Å². The van der Waals surface area contributed by atoms with Crippen molar-refractivity contribution in [3.05, 3.63) is 47.5 Å². The molecule has 1 fully saturated rings. The maximum Gasteiger partial charge on any atom is 0.161 e. The number of piperazine rings is 1. The van der Waals surface area contributed by atoms with E-state index in [4.69, 9.17) is 14.2 Å². The van der Waals surface area contributed by atoms with Crippen LogP contribution in [-0.2, 0) is 6.54 Å². The molecular weight excluding hydrogens is 418 g/mol. The maximum absolute atomic E-state index is 11.5. The van der Waals surface area contributed by atoms with Crippen LogP contribution in [0.25, 0.3) is 0 Å². The van der Waals surface area contributed by atoms with E-state index in [0.717, 1.165) is 69.7 Å². The van der Waals surface area contributed by atoms with Crippen LogP contribution in [0.5, 0.6) is 17.2 Å². The van der Waals surface area contributed by atoms with Gasteiger partial charge < -0.3 is 24.0 Å². The summed E-state index contributed by atoms with van der Waals surface area (Å²) in [5.74, 6) is 2.18. The lowest BCUT2D eigenvalue weighted by Gasteiger charge is -2.36. The Kier molecular flexibility index (Phi) is 9.39. The summed E-state index contributed by atoms with van der Waals surface area (Å²) in [6.07, 6.45) is 3.16. The Morgan fingerprint density at radius 1 is 0.909 bits per heavy atom. The number of rotatable bonds is 12. The van der Waals surface area contributed by atoms with Gasteiger partial charge in [-0.2, -0.15) is 0 Å². The number of methoxy groups -OCH3 is 3. The molecule has 7 nitrogen and oxygen atoms in total. The highest BCUT2D eigenvalue weighted by atomic mass is 16.5. The monoisotopic (exact) mass is 455 g/mol. The Hall–Kier alpha value is -2.77. The van der Waals surface area contributed by atoms with Gasteiger partial charge in [-0.25, -0.2) is 0 Å². The molecule has 1 saturated heterocycles. The van der Waals surface area contributed by atoms with Gasteiger partial charge in [0.15, 0.2) is 17.8 Å². The molecule has 0 radical (unpaired) electrons. The van der Waals surface area contributed by atoms with Gasteiger partial charge in [0, 0.05) is 38.3 Å². The van der Waals surface area contributed by atoms with Crippen molar-refractivity contribution in [1.29, 1.82) is 0 Å². The summed E-state index contributed by atoms with van der Waals surface area (Å²) in [6, 6.07) is 11.9. The number of para-hydroxylation sites is 2. The van der Waals surface area contributed by atoms with Crippen molar-refractivity contribution in [1.82, 2.24) is 9.80 Å². The minimum Gasteiger partial charge on any atom is -0.495 e. The van der Waals surface area contributed by atoms with Crippen LogP contribution in [-0.4, -0.2) is 83.7 Å². The number of hydrogen-bond donors (Lipinski definition) is 0. The first kappa shape index (κ1) is 24.9. The van der Waals surface area contributed by atoms with E-state index >= 15 is 0 Å². The molecule has 1 aliphatic heterocycles. The van der Waals surface area contributed by atoms with Gasteiger partial charge in [0.2, 0.25) is 0 Å². The number of carbonyl (C=O) groups excluding carboxylic acids is 1. The lowest BCUT2D eigenvalue weighted by atomic mass is 10.1. The Morgan fingerprint density at radius 2 is 1.58 bits per heavy atom. The molecule has 7 heteroatoms. The van der Waals surface area contributed by atoms with E-state index in [9.17, 15) is 4.79 Å². The van der Waals surface area contributed by atoms with Gasteiger partial charge in [-0.05, 0) is 62.8 Å². The second-order valence-electron chi connectivity index (χ2n) is 8.47. The third-order valence-electron chi connectivity index (χ3n) is 6.27. The number of nitrogens with zero attached hydrogens (tertiary/aromatic N) is 3. The zero-order chi connectivity index (χ0) is 23.6. The molecule has 0 atom stereocenters. The summed E-state index contributed by atoms with van der Waals surface area (Å²) in [4.78, 5) is 18.7. The Labute approximate surface area is 197 Å². The number of unbranched alkanes of at least 4 members (excludes halogenated alkanes) is 1. The normalized spacial score (nSPS) is 14.4. The first-order chi connectivity index (χ1) is 16.1. The lowest BCUT2D eigenvalue weighted by Crippen LogP contribution is -2.46. The Balaban J connectivity index is 1.41. The number of carbonyl (C=O) groups is 1. The van der Waals surface area contributed by atoms with Crippen molar-refractivity contribution < 1.29 is 19.0 Å². The van der Waals surface area contributed by atoms with Gasteiger partial charge in [0.05, 0.1) is 27.0 Å². The van der Waals surface area contributed by atoms with E-state index in [1.807, 2.05) is 18.2 Å². The highest BCUT2D eigenvalue weighted by Crippen LogP contribution is 2.31. The van der Waals surface area contributed by atoms with Gasteiger partial charge in [-0.15, -0.1) is 0 Å². The molecule has 33 heavy (non-hydrogen) atoms. The van der Waals surface area contributed by atoms with Crippen LogP contribution in [0.1, 0.15) is 28.8 Å². The first-order valence-electron chi connectivity index (χ1n) is 11.6. The topological polar surface area (TPSA) is 54.5 Å². The number of hydrogen-bond acceptors (Lipinski definition) is 7. The van der Waals surface area contributed by atoms with E-state index in [1.165, 1.54) is 5.69 Å². The molecule has 1 aliphatic rings. The number of ether oxygens (including phenoxy) is 3. The molecule has 1 heterocycles. The van der Waals surface area contributed by atoms with Gasteiger partial charge in [0.25, 0.3) is 0 Å². The van der Waals surface area contributed by atoms with Crippen LogP contribution in [0.4, 0.5) is 5.69 Å². The molecule has 0 amide bonds. The second-order valence-corrected chi connectivity index (χ2v) is 8.47. The van der Waals surface area contributed by atoms with Crippen molar-refractivity contribution in [2.75, 3.05) is 72.5 Å². The summed E-state index contributed by atoms with van der Waals surface area (Å²) in [7, 11) is 7.02. The van der Waals surface area contributed by atoms with Gasteiger partial charge >= 0.3 is 0 Å². The molecule has 0 unspecified atom stereocenters. The van der Waals surface area contributed by atoms with Crippen LogP contribution >= 0.6 is 0 Å². The molecule has 0 aliphatic carbocycles. The fourth-order valence-electron chi connectivity index (χ4n) is 4.37.